The molecule has 1 aliphatic heterocycles. The Labute approximate surface area is 117 Å². The smallest absolute Gasteiger partial charge is 0.154 e. The molecule has 0 N–H and O–H groups in total. The van der Waals surface area contributed by atoms with Gasteiger partial charge in [0.25, 0.3) is 0 Å². The second-order valence-corrected chi connectivity index (χ2v) is 6.97. The predicted molar refractivity (Wildman–Crippen MR) is 79.5 cm³/mol. The van der Waals surface area contributed by atoms with E-state index in [4.69, 9.17) is 0 Å². The van der Waals surface area contributed by atoms with E-state index in [9.17, 15) is 4.79 Å². The molecule has 4 heteroatoms. The summed E-state index contributed by atoms with van der Waals surface area (Å²) in [6.07, 6.45) is 2.60. The van der Waals surface area contributed by atoms with Gasteiger partial charge in [0.15, 0.2) is 5.78 Å². The number of Topliss-reactive ketones (excluding diaryl/α,β-unsaturated/α-hetero) is 1. The molecule has 1 atom stereocenters. The van der Waals surface area contributed by atoms with Crippen LogP contribution in [0.1, 0.15) is 25.5 Å². The Balaban J connectivity index is 1.91. The van der Waals surface area contributed by atoms with Gasteiger partial charge in [-0.25, -0.2) is 0 Å². The van der Waals surface area contributed by atoms with Gasteiger partial charge >= 0.3 is 0 Å². The van der Waals surface area contributed by atoms with Gasteiger partial charge in [-0.1, -0.05) is 18.2 Å². The molecule has 1 saturated heterocycles. The van der Waals surface area contributed by atoms with Crippen molar-refractivity contribution in [2.24, 2.45) is 7.05 Å². The molecule has 1 aliphatic rings. The number of hydrogen-bond donors (Lipinski definition) is 0. The Morgan fingerprint density at radius 3 is 3.00 bits per heavy atom. The molecule has 3 rings (SSSR count). The second kappa shape index (κ2) is 4.67. The molecule has 0 amide bonds. The summed E-state index contributed by atoms with van der Waals surface area (Å²) in [4.78, 5) is 12.5. The van der Waals surface area contributed by atoms with Crippen molar-refractivity contribution in [3.8, 4) is 0 Å². The zero-order chi connectivity index (χ0) is 13.5. The van der Waals surface area contributed by atoms with Gasteiger partial charge in [-0.3, -0.25) is 9.48 Å². The number of carbonyl (C=O) groups is 1. The van der Waals surface area contributed by atoms with Crippen LogP contribution in [-0.2, 0) is 18.3 Å². The lowest BCUT2D eigenvalue weighted by Crippen LogP contribution is -2.30. The van der Waals surface area contributed by atoms with E-state index in [2.05, 4.69) is 18.1 Å². The maximum atomic E-state index is 12.5. The summed E-state index contributed by atoms with van der Waals surface area (Å²) in [7, 11) is 1.93. The average molecular weight is 274 g/mol. The highest BCUT2D eigenvalue weighted by Gasteiger charge is 2.37. The quantitative estimate of drug-likeness (QED) is 0.863. The Hall–Kier alpha value is -1.29. The summed E-state index contributed by atoms with van der Waals surface area (Å²) < 4.78 is 1.67. The van der Waals surface area contributed by atoms with E-state index in [1.807, 2.05) is 29.9 Å². The van der Waals surface area contributed by atoms with E-state index < -0.39 is 0 Å². The van der Waals surface area contributed by atoms with Crippen molar-refractivity contribution in [3.05, 3.63) is 30.0 Å². The minimum atomic E-state index is -0.196. The number of hydrogen-bond acceptors (Lipinski definition) is 3. The van der Waals surface area contributed by atoms with Crippen LogP contribution < -0.4 is 0 Å². The zero-order valence-electron chi connectivity index (χ0n) is 11.3. The SMILES string of the molecule is Cn1nc(CC(=O)C2(C)CCCS2)c2ccccc21. The molecule has 0 bridgehead atoms. The molecule has 1 aromatic carbocycles. The van der Waals surface area contributed by atoms with Crippen molar-refractivity contribution in [2.45, 2.75) is 30.9 Å². The van der Waals surface area contributed by atoms with Gasteiger partial charge < -0.3 is 0 Å². The molecule has 0 radical (unpaired) electrons. The maximum absolute atomic E-state index is 12.5. The van der Waals surface area contributed by atoms with Gasteiger partial charge in [-0.05, 0) is 31.6 Å². The van der Waals surface area contributed by atoms with Crippen molar-refractivity contribution in [1.82, 2.24) is 9.78 Å². The normalized spacial score (nSPS) is 23.1. The van der Waals surface area contributed by atoms with Gasteiger partial charge in [0.05, 0.1) is 22.4 Å². The summed E-state index contributed by atoms with van der Waals surface area (Å²) in [5.41, 5.74) is 2.01. The first-order valence-electron chi connectivity index (χ1n) is 6.68. The average Bonchev–Trinajstić information content (AvgIpc) is 2.97. The minimum Gasteiger partial charge on any atom is -0.298 e. The number of thioether (sulfide) groups is 1. The standard InChI is InChI=1S/C15H18N2OS/c1-15(8-5-9-19-15)14(18)10-12-11-6-3-4-7-13(11)17(2)16-12/h3-4,6-7H,5,8-10H2,1-2H3. The monoisotopic (exact) mass is 274 g/mol. The lowest BCUT2D eigenvalue weighted by atomic mass is 9.96. The molecule has 3 nitrogen and oxygen atoms in total. The number of aryl methyl sites for hydroxylation is 1. The van der Waals surface area contributed by atoms with Crippen LogP contribution in [0, 0.1) is 0 Å². The molecule has 2 heterocycles. The van der Waals surface area contributed by atoms with Crippen molar-refractivity contribution >= 4 is 28.4 Å². The van der Waals surface area contributed by atoms with Crippen LogP contribution in [0.2, 0.25) is 0 Å². The molecule has 19 heavy (non-hydrogen) atoms. The largest absolute Gasteiger partial charge is 0.298 e. The fourth-order valence-electron chi connectivity index (χ4n) is 2.76. The van der Waals surface area contributed by atoms with Gasteiger partial charge in [0.2, 0.25) is 0 Å². The third-order valence-corrected chi connectivity index (χ3v) is 5.53. The van der Waals surface area contributed by atoms with Crippen molar-refractivity contribution in [2.75, 3.05) is 5.75 Å². The predicted octanol–water partition coefficient (Wildman–Crippen LogP) is 2.97. The summed E-state index contributed by atoms with van der Waals surface area (Å²) in [5.74, 6) is 1.42. The minimum absolute atomic E-state index is 0.196. The Morgan fingerprint density at radius 1 is 1.47 bits per heavy atom. The first kappa shape index (κ1) is 12.7. The van der Waals surface area contributed by atoms with E-state index in [-0.39, 0.29) is 4.75 Å². The third-order valence-electron chi connectivity index (χ3n) is 3.97. The lowest BCUT2D eigenvalue weighted by Gasteiger charge is -2.20. The van der Waals surface area contributed by atoms with Crippen LogP contribution in [0.15, 0.2) is 24.3 Å². The second-order valence-electron chi connectivity index (χ2n) is 5.37. The van der Waals surface area contributed by atoms with Gasteiger partial charge in [0, 0.05) is 12.4 Å². The molecule has 0 aliphatic carbocycles. The van der Waals surface area contributed by atoms with Crippen LogP contribution in [-0.4, -0.2) is 26.1 Å². The Bertz CT molecular complexity index is 626. The number of carbonyl (C=O) groups excluding carboxylic acids is 1. The van der Waals surface area contributed by atoms with Gasteiger partial charge in [-0.2, -0.15) is 5.10 Å². The number of ketones is 1. The van der Waals surface area contributed by atoms with E-state index in [1.165, 1.54) is 0 Å². The van der Waals surface area contributed by atoms with E-state index >= 15 is 0 Å². The fourth-order valence-corrected chi connectivity index (χ4v) is 4.02. The third kappa shape index (κ3) is 2.18. The molecule has 1 aromatic heterocycles. The van der Waals surface area contributed by atoms with E-state index in [0.717, 1.165) is 35.2 Å². The Kier molecular flexibility index (Phi) is 3.13. The highest BCUT2D eigenvalue weighted by atomic mass is 32.2. The fraction of sp³-hybridized carbons (Fsp3) is 0.467. The van der Waals surface area contributed by atoms with Crippen LogP contribution in [0.5, 0.6) is 0 Å². The number of para-hydroxylation sites is 1. The molecular formula is C15H18N2OS. The van der Waals surface area contributed by atoms with Gasteiger partial charge in [-0.15, -0.1) is 11.8 Å². The lowest BCUT2D eigenvalue weighted by molar-refractivity contribution is -0.120. The Morgan fingerprint density at radius 2 is 2.26 bits per heavy atom. The van der Waals surface area contributed by atoms with Crippen LogP contribution in [0.25, 0.3) is 10.9 Å². The van der Waals surface area contributed by atoms with Crippen molar-refractivity contribution in [3.63, 3.8) is 0 Å². The summed E-state index contributed by atoms with van der Waals surface area (Å²) >= 11 is 1.80. The highest BCUT2D eigenvalue weighted by Crippen LogP contribution is 2.39. The first-order valence-corrected chi connectivity index (χ1v) is 7.66. The molecule has 2 aromatic rings. The van der Waals surface area contributed by atoms with E-state index in [0.29, 0.717) is 12.2 Å². The number of nitrogens with zero attached hydrogens (tertiary/aromatic N) is 2. The number of benzene rings is 1. The first-order chi connectivity index (χ1) is 9.10. The van der Waals surface area contributed by atoms with Crippen LogP contribution in [0.3, 0.4) is 0 Å². The molecular weight excluding hydrogens is 256 g/mol. The van der Waals surface area contributed by atoms with Crippen molar-refractivity contribution < 1.29 is 4.79 Å². The summed E-state index contributed by atoms with van der Waals surface area (Å²) in [6, 6.07) is 8.10. The van der Waals surface area contributed by atoms with Crippen molar-refractivity contribution in [1.29, 1.82) is 0 Å². The van der Waals surface area contributed by atoms with Crippen LogP contribution in [0.4, 0.5) is 0 Å². The number of aromatic nitrogens is 2. The van der Waals surface area contributed by atoms with Crippen LogP contribution >= 0.6 is 11.8 Å². The summed E-state index contributed by atoms with van der Waals surface area (Å²) in [6.45, 7) is 2.08. The summed E-state index contributed by atoms with van der Waals surface area (Å²) in [5, 5.41) is 5.62. The number of rotatable bonds is 3. The van der Waals surface area contributed by atoms with Gasteiger partial charge in [0.1, 0.15) is 0 Å². The molecule has 0 saturated carbocycles. The van der Waals surface area contributed by atoms with E-state index in [1.54, 1.807) is 11.8 Å². The maximum Gasteiger partial charge on any atom is 0.154 e. The highest BCUT2D eigenvalue weighted by molar-refractivity contribution is 8.01. The molecule has 0 spiro atoms. The topological polar surface area (TPSA) is 34.9 Å². The molecule has 1 fully saturated rings. The molecule has 100 valence electrons. The number of fused-ring (bicyclic) bond motifs is 1. The zero-order valence-corrected chi connectivity index (χ0v) is 12.2. The molecule has 1 unspecified atom stereocenters.